The molecule has 1 aromatic heterocycles. The molecule has 0 aliphatic rings. The SMILES string of the molecule is COCCCNC(=O)c1ccc(Cn2c(=O)c3ccccc3n(Cc3ccccc3Br)c2=O)cc1. The smallest absolute Gasteiger partial charge is 0.332 e. The molecule has 180 valence electrons. The molecule has 0 atom stereocenters. The lowest BCUT2D eigenvalue weighted by Crippen LogP contribution is -2.40. The topological polar surface area (TPSA) is 82.3 Å². The average molecular weight is 536 g/mol. The highest BCUT2D eigenvalue weighted by atomic mass is 79.9. The number of ether oxygens (including phenoxy) is 1. The zero-order valence-electron chi connectivity index (χ0n) is 19.4. The summed E-state index contributed by atoms with van der Waals surface area (Å²) in [6.07, 6.45) is 0.733. The molecule has 0 radical (unpaired) electrons. The van der Waals surface area contributed by atoms with Crippen LogP contribution in [0.4, 0.5) is 0 Å². The van der Waals surface area contributed by atoms with Crippen LogP contribution in [-0.2, 0) is 17.8 Å². The third-order valence-electron chi connectivity index (χ3n) is 5.79. The molecule has 0 bridgehead atoms. The molecule has 1 N–H and O–H groups in total. The van der Waals surface area contributed by atoms with E-state index >= 15 is 0 Å². The lowest BCUT2D eigenvalue weighted by molar-refractivity contribution is 0.0948. The maximum Gasteiger partial charge on any atom is 0.332 e. The minimum absolute atomic E-state index is 0.105. The fourth-order valence-corrected chi connectivity index (χ4v) is 4.33. The van der Waals surface area contributed by atoms with Crippen molar-refractivity contribution in [2.75, 3.05) is 20.3 Å². The Kier molecular flexibility index (Phi) is 7.94. The van der Waals surface area contributed by atoms with E-state index in [-0.39, 0.29) is 23.7 Å². The van der Waals surface area contributed by atoms with Crippen molar-refractivity contribution in [3.8, 4) is 0 Å². The summed E-state index contributed by atoms with van der Waals surface area (Å²) in [4.78, 5) is 39.1. The highest BCUT2D eigenvalue weighted by molar-refractivity contribution is 9.10. The van der Waals surface area contributed by atoms with Crippen molar-refractivity contribution in [1.82, 2.24) is 14.5 Å². The van der Waals surface area contributed by atoms with Crippen molar-refractivity contribution in [3.63, 3.8) is 0 Å². The van der Waals surface area contributed by atoms with E-state index < -0.39 is 0 Å². The first-order valence-corrected chi connectivity index (χ1v) is 12.1. The highest BCUT2D eigenvalue weighted by Crippen LogP contribution is 2.18. The van der Waals surface area contributed by atoms with Gasteiger partial charge in [0.15, 0.2) is 0 Å². The molecule has 3 aromatic carbocycles. The van der Waals surface area contributed by atoms with Gasteiger partial charge >= 0.3 is 5.69 Å². The first-order chi connectivity index (χ1) is 17.0. The van der Waals surface area contributed by atoms with Gasteiger partial charge in [0.05, 0.1) is 24.0 Å². The van der Waals surface area contributed by atoms with E-state index in [4.69, 9.17) is 4.74 Å². The zero-order chi connectivity index (χ0) is 24.8. The van der Waals surface area contributed by atoms with Crippen molar-refractivity contribution in [3.05, 3.63) is 115 Å². The van der Waals surface area contributed by atoms with E-state index in [1.807, 2.05) is 30.3 Å². The number of hydrogen-bond donors (Lipinski definition) is 1. The summed E-state index contributed by atoms with van der Waals surface area (Å²) in [5.74, 6) is -0.175. The van der Waals surface area contributed by atoms with Gasteiger partial charge in [-0.2, -0.15) is 0 Å². The van der Waals surface area contributed by atoms with Gasteiger partial charge in [-0.25, -0.2) is 4.79 Å². The monoisotopic (exact) mass is 535 g/mol. The number of hydrogen-bond acceptors (Lipinski definition) is 4. The van der Waals surface area contributed by atoms with Crippen LogP contribution in [0, 0.1) is 0 Å². The van der Waals surface area contributed by atoms with Crippen LogP contribution in [0.3, 0.4) is 0 Å². The van der Waals surface area contributed by atoms with Crippen molar-refractivity contribution >= 4 is 32.7 Å². The molecule has 35 heavy (non-hydrogen) atoms. The molecule has 8 heteroatoms. The Morgan fingerprint density at radius 3 is 2.37 bits per heavy atom. The van der Waals surface area contributed by atoms with Gasteiger partial charge in [0, 0.05) is 30.3 Å². The summed E-state index contributed by atoms with van der Waals surface area (Å²) in [6.45, 7) is 1.54. The lowest BCUT2D eigenvalue weighted by Gasteiger charge is -2.15. The molecule has 4 rings (SSSR count). The Morgan fingerprint density at radius 2 is 1.63 bits per heavy atom. The van der Waals surface area contributed by atoms with Gasteiger partial charge in [-0.3, -0.25) is 18.7 Å². The number of amides is 1. The van der Waals surface area contributed by atoms with E-state index in [2.05, 4.69) is 21.2 Å². The quantitative estimate of drug-likeness (QED) is 0.330. The number of carbonyl (C=O) groups is 1. The molecule has 0 unspecified atom stereocenters. The van der Waals surface area contributed by atoms with Crippen LogP contribution in [0.15, 0.2) is 86.9 Å². The maximum absolute atomic E-state index is 13.5. The van der Waals surface area contributed by atoms with Gasteiger partial charge in [-0.1, -0.05) is 58.4 Å². The maximum atomic E-state index is 13.5. The lowest BCUT2D eigenvalue weighted by atomic mass is 10.1. The summed E-state index contributed by atoms with van der Waals surface area (Å²) in [6, 6.07) is 21.8. The third-order valence-corrected chi connectivity index (χ3v) is 6.56. The van der Waals surface area contributed by atoms with Crippen LogP contribution < -0.4 is 16.6 Å². The van der Waals surface area contributed by atoms with Gasteiger partial charge in [-0.05, 0) is 47.9 Å². The van der Waals surface area contributed by atoms with E-state index in [0.29, 0.717) is 36.2 Å². The predicted molar refractivity (Wildman–Crippen MR) is 140 cm³/mol. The van der Waals surface area contributed by atoms with Crippen LogP contribution in [0.25, 0.3) is 10.9 Å². The molecule has 4 aromatic rings. The number of nitrogens with one attached hydrogen (secondary N) is 1. The van der Waals surface area contributed by atoms with Crippen LogP contribution in [-0.4, -0.2) is 35.3 Å². The first kappa shape index (κ1) is 24.6. The van der Waals surface area contributed by atoms with Crippen LogP contribution in [0.1, 0.15) is 27.9 Å². The molecule has 0 spiro atoms. The molecule has 0 fully saturated rings. The number of fused-ring (bicyclic) bond motifs is 1. The second-order valence-corrected chi connectivity index (χ2v) is 9.02. The summed E-state index contributed by atoms with van der Waals surface area (Å²) >= 11 is 3.55. The van der Waals surface area contributed by atoms with E-state index in [0.717, 1.165) is 22.0 Å². The Bertz CT molecular complexity index is 1460. The number of carbonyl (C=O) groups excluding carboxylic acids is 1. The zero-order valence-corrected chi connectivity index (χ0v) is 21.0. The van der Waals surface area contributed by atoms with Crippen molar-refractivity contribution in [1.29, 1.82) is 0 Å². The van der Waals surface area contributed by atoms with Crippen LogP contribution in [0.2, 0.25) is 0 Å². The van der Waals surface area contributed by atoms with Crippen molar-refractivity contribution in [2.45, 2.75) is 19.5 Å². The number of rotatable bonds is 9. The number of halogens is 1. The fourth-order valence-electron chi connectivity index (χ4n) is 3.92. The molecule has 0 saturated heterocycles. The number of benzene rings is 3. The van der Waals surface area contributed by atoms with Gasteiger partial charge in [0.1, 0.15) is 0 Å². The van der Waals surface area contributed by atoms with Gasteiger partial charge < -0.3 is 10.1 Å². The molecule has 1 amide bonds. The minimum Gasteiger partial charge on any atom is -0.385 e. The molecular weight excluding hydrogens is 510 g/mol. The summed E-state index contributed by atoms with van der Waals surface area (Å²) in [5, 5.41) is 3.32. The van der Waals surface area contributed by atoms with Gasteiger partial charge in [-0.15, -0.1) is 0 Å². The summed E-state index contributed by atoms with van der Waals surface area (Å²) in [5.41, 5.74) is 2.07. The standard InChI is InChI=1S/C27H26BrN3O4/c1-35-16-6-15-29-25(32)20-13-11-19(12-14-20)17-31-26(33)22-8-3-5-10-24(22)30(27(31)34)18-21-7-2-4-9-23(21)28/h2-5,7-14H,6,15-18H2,1H3,(H,29,32). The molecule has 1 heterocycles. The largest absolute Gasteiger partial charge is 0.385 e. The number of para-hydroxylation sites is 1. The van der Waals surface area contributed by atoms with Crippen molar-refractivity contribution < 1.29 is 9.53 Å². The Morgan fingerprint density at radius 1 is 0.914 bits per heavy atom. The molecule has 7 nitrogen and oxygen atoms in total. The van der Waals surface area contributed by atoms with Gasteiger partial charge in [0.25, 0.3) is 11.5 Å². The van der Waals surface area contributed by atoms with Crippen LogP contribution >= 0.6 is 15.9 Å². The Balaban J connectivity index is 1.65. The van der Waals surface area contributed by atoms with Gasteiger partial charge in [0.2, 0.25) is 0 Å². The predicted octanol–water partition coefficient (Wildman–Crippen LogP) is 3.79. The molecule has 0 aliphatic heterocycles. The van der Waals surface area contributed by atoms with Crippen LogP contribution in [0.5, 0.6) is 0 Å². The second kappa shape index (κ2) is 11.3. The minimum atomic E-state index is -0.385. The molecule has 0 saturated carbocycles. The first-order valence-electron chi connectivity index (χ1n) is 11.3. The van der Waals surface area contributed by atoms with E-state index in [1.54, 1.807) is 54.1 Å². The summed E-state index contributed by atoms with van der Waals surface area (Å²) in [7, 11) is 1.62. The Labute approximate surface area is 211 Å². The number of nitrogens with zero attached hydrogens (tertiary/aromatic N) is 2. The summed E-state index contributed by atoms with van der Waals surface area (Å²) < 4.78 is 8.75. The number of methoxy groups -OCH3 is 1. The fraction of sp³-hybridized carbons (Fsp3) is 0.222. The average Bonchev–Trinajstić information content (AvgIpc) is 2.88. The second-order valence-electron chi connectivity index (χ2n) is 8.17. The molecular formula is C27H26BrN3O4. The van der Waals surface area contributed by atoms with Crippen molar-refractivity contribution in [2.24, 2.45) is 0 Å². The van der Waals surface area contributed by atoms with E-state index in [1.165, 1.54) is 4.57 Å². The van der Waals surface area contributed by atoms with E-state index in [9.17, 15) is 14.4 Å². The third kappa shape index (κ3) is 5.61. The normalized spacial score (nSPS) is 11.0. The molecule has 0 aliphatic carbocycles. The number of aromatic nitrogens is 2. The Hall–Kier alpha value is -3.49. The highest BCUT2D eigenvalue weighted by Gasteiger charge is 2.15.